The average molecular weight is 381 g/mol. The first kappa shape index (κ1) is 18.5. The Hall–Kier alpha value is -2.89. The Morgan fingerprint density at radius 3 is 2.57 bits per heavy atom. The van der Waals surface area contributed by atoms with Gasteiger partial charge in [0.25, 0.3) is 5.56 Å². The van der Waals surface area contributed by atoms with Crippen molar-refractivity contribution in [2.24, 2.45) is 0 Å². The molecule has 2 aromatic heterocycles. The highest BCUT2D eigenvalue weighted by atomic mass is 19.1. The molecule has 0 unspecified atom stereocenters. The molecular formula is C22H24FN3O2. The van der Waals surface area contributed by atoms with Crippen LogP contribution in [0.3, 0.4) is 0 Å². The van der Waals surface area contributed by atoms with Gasteiger partial charge in [-0.05, 0) is 42.7 Å². The number of carbonyl (C=O) groups excluding carboxylic acids is 1. The first-order chi connectivity index (χ1) is 13.6. The number of fused-ring (bicyclic) bond motifs is 1. The van der Waals surface area contributed by atoms with Gasteiger partial charge in [0, 0.05) is 30.4 Å². The van der Waals surface area contributed by atoms with Gasteiger partial charge in [-0.3, -0.25) is 9.59 Å². The van der Waals surface area contributed by atoms with E-state index in [4.69, 9.17) is 0 Å². The number of nitrogens with one attached hydrogen (secondary N) is 1. The number of halogens is 1. The Balaban J connectivity index is 1.55. The van der Waals surface area contributed by atoms with Gasteiger partial charge in [-0.2, -0.15) is 0 Å². The van der Waals surface area contributed by atoms with E-state index in [2.05, 4.69) is 5.32 Å². The lowest BCUT2D eigenvalue weighted by molar-refractivity contribution is -0.122. The summed E-state index contributed by atoms with van der Waals surface area (Å²) < 4.78 is 16.7. The molecule has 28 heavy (non-hydrogen) atoms. The van der Waals surface area contributed by atoms with Crippen molar-refractivity contribution in [2.75, 3.05) is 0 Å². The standard InChI is InChI=1S/C22H24FN3O2/c23-18-6-4-5-16(13-18)14-25-11-9-17-10-12-26(22(28)21(17)25)15-20(27)24-19-7-2-1-3-8-19/h4-6,9-13,19H,1-3,7-8,14-15H2,(H,24,27). The third-order valence-corrected chi connectivity index (χ3v) is 5.42. The lowest BCUT2D eigenvalue weighted by Crippen LogP contribution is -2.39. The van der Waals surface area contributed by atoms with E-state index in [1.54, 1.807) is 12.3 Å². The highest BCUT2D eigenvalue weighted by Gasteiger charge is 2.17. The SMILES string of the molecule is O=C(Cn1ccc2ccn(Cc3cccc(F)c3)c2c1=O)NC1CCCCC1. The second-order valence-corrected chi connectivity index (χ2v) is 7.53. The van der Waals surface area contributed by atoms with Crippen LogP contribution in [0.5, 0.6) is 0 Å². The Labute approximate surface area is 162 Å². The first-order valence-electron chi connectivity index (χ1n) is 9.82. The zero-order valence-electron chi connectivity index (χ0n) is 15.7. The molecule has 6 heteroatoms. The summed E-state index contributed by atoms with van der Waals surface area (Å²) in [6.45, 7) is 0.408. The summed E-state index contributed by atoms with van der Waals surface area (Å²) >= 11 is 0. The Kier molecular flexibility index (Phi) is 5.28. The summed E-state index contributed by atoms with van der Waals surface area (Å²) in [5.74, 6) is -0.428. The molecule has 1 fully saturated rings. The number of amides is 1. The predicted molar refractivity (Wildman–Crippen MR) is 107 cm³/mol. The van der Waals surface area contributed by atoms with Crippen LogP contribution in [0.1, 0.15) is 37.7 Å². The molecule has 0 bridgehead atoms. The quantitative estimate of drug-likeness (QED) is 0.736. The Morgan fingerprint density at radius 1 is 1.07 bits per heavy atom. The molecule has 0 atom stereocenters. The van der Waals surface area contributed by atoms with Gasteiger partial charge in [-0.15, -0.1) is 0 Å². The lowest BCUT2D eigenvalue weighted by atomic mass is 9.95. The van der Waals surface area contributed by atoms with E-state index in [0.29, 0.717) is 12.1 Å². The molecule has 1 aromatic carbocycles. The van der Waals surface area contributed by atoms with Crippen molar-refractivity contribution < 1.29 is 9.18 Å². The van der Waals surface area contributed by atoms with Gasteiger partial charge in [0.2, 0.25) is 5.91 Å². The van der Waals surface area contributed by atoms with Crippen LogP contribution in [-0.4, -0.2) is 21.1 Å². The minimum absolute atomic E-state index is 0.0103. The van der Waals surface area contributed by atoms with Crippen molar-refractivity contribution in [2.45, 2.75) is 51.2 Å². The minimum Gasteiger partial charge on any atom is -0.352 e. The third kappa shape index (κ3) is 4.01. The third-order valence-electron chi connectivity index (χ3n) is 5.42. The van der Waals surface area contributed by atoms with E-state index in [1.165, 1.54) is 23.1 Å². The summed E-state index contributed by atoms with van der Waals surface area (Å²) in [5.41, 5.74) is 1.09. The van der Waals surface area contributed by atoms with Crippen LogP contribution in [0.2, 0.25) is 0 Å². The zero-order valence-corrected chi connectivity index (χ0v) is 15.7. The highest BCUT2D eigenvalue weighted by molar-refractivity contribution is 5.80. The number of hydrogen-bond donors (Lipinski definition) is 1. The number of hydrogen-bond acceptors (Lipinski definition) is 2. The van der Waals surface area contributed by atoms with E-state index in [1.807, 2.05) is 29.0 Å². The summed E-state index contributed by atoms with van der Waals surface area (Å²) in [4.78, 5) is 25.4. The van der Waals surface area contributed by atoms with Crippen LogP contribution in [0, 0.1) is 5.82 Å². The number of nitrogens with zero attached hydrogens (tertiary/aromatic N) is 2. The summed E-state index contributed by atoms with van der Waals surface area (Å²) in [6, 6.07) is 10.3. The van der Waals surface area contributed by atoms with Crippen molar-refractivity contribution in [3.63, 3.8) is 0 Å². The van der Waals surface area contributed by atoms with Gasteiger partial charge in [-0.25, -0.2) is 4.39 Å². The van der Waals surface area contributed by atoms with Crippen molar-refractivity contribution in [1.29, 1.82) is 0 Å². The molecule has 2 heterocycles. The number of benzene rings is 1. The molecule has 146 valence electrons. The van der Waals surface area contributed by atoms with Crippen LogP contribution in [-0.2, 0) is 17.9 Å². The maximum Gasteiger partial charge on any atom is 0.275 e. The highest BCUT2D eigenvalue weighted by Crippen LogP contribution is 2.17. The normalized spacial score (nSPS) is 15.0. The number of aromatic nitrogens is 2. The van der Waals surface area contributed by atoms with Gasteiger partial charge in [0.15, 0.2) is 0 Å². The second-order valence-electron chi connectivity index (χ2n) is 7.53. The topological polar surface area (TPSA) is 56.0 Å². The molecule has 0 spiro atoms. The van der Waals surface area contributed by atoms with E-state index < -0.39 is 0 Å². The molecule has 3 aromatic rings. The van der Waals surface area contributed by atoms with Crippen LogP contribution >= 0.6 is 0 Å². The molecular weight excluding hydrogens is 357 g/mol. The van der Waals surface area contributed by atoms with E-state index in [9.17, 15) is 14.0 Å². The molecule has 0 saturated heterocycles. The number of carbonyl (C=O) groups is 1. The average Bonchev–Trinajstić information content (AvgIpc) is 3.08. The second kappa shape index (κ2) is 8.00. The fourth-order valence-corrected chi connectivity index (χ4v) is 4.01. The summed E-state index contributed by atoms with van der Waals surface area (Å²) in [6.07, 6.45) is 9.02. The van der Waals surface area contributed by atoms with Crippen molar-refractivity contribution >= 4 is 16.8 Å². The maximum absolute atomic E-state index is 13.5. The molecule has 0 radical (unpaired) electrons. The fourth-order valence-electron chi connectivity index (χ4n) is 4.01. The minimum atomic E-state index is -0.300. The molecule has 1 saturated carbocycles. The van der Waals surface area contributed by atoms with Crippen molar-refractivity contribution in [3.8, 4) is 0 Å². The van der Waals surface area contributed by atoms with E-state index >= 15 is 0 Å². The molecule has 0 aliphatic heterocycles. The molecule has 1 aliphatic carbocycles. The van der Waals surface area contributed by atoms with Gasteiger partial charge in [-0.1, -0.05) is 31.4 Å². The zero-order chi connectivity index (χ0) is 19.5. The van der Waals surface area contributed by atoms with Crippen LogP contribution in [0.25, 0.3) is 10.9 Å². The van der Waals surface area contributed by atoms with E-state index in [0.717, 1.165) is 36.6 Å². The molecule has 1 aliphatic rings. The maximum atomic E-state index is 13.5. The smallest absolute Gasteiger partial charge is 0.275 e. The summed E-state index contributed by atoms with van der Waals surface area (Å²) in [5, 5.41) is 3.86. The Bertz CT molecular complexity index is 1050. The molecule has 1 amide bonds. The van der Waals surface area contributed by atoms with Crippen LogP contribution in [0.4, 0.5) is 4.39 Å². The Morgan fingerprint density at radius 2 is 1.82 bits per heavy atom. The molecule has 4 rings (SSSR count). The van der Waals surface area contributed by atoms with Crippen LogP contribution < -0.4 is 10.9 Å². The first-order valence-corrected chi connectivity index (χ1v) is 9.82. The summed E-state index contributed by atoms with van der Waals surface area (Å²) in [7, 11) is 0. The van der Waals surface area contributed by atoms with Crippen molar-refractivity contribution in [1.82, 2.24) is 14.5 Å². The van der Waals surface area contributed by atoms with Gasteiger partial charge >= 0.3 is 0 Å². The lowest BCUT2D eigenvalue weighted by Gasteiger charge is -2.22. The van der Waals surface area contributed by atoms with Crippen LogP contribution in [0.15, 0.2) is 53.6 Å². The monoisotopic (exact) mass is 381 g/mol. The number of pyridine rings is 1. The largest absolute Gasteiger partial charge is 0.352 e. The van der Waals surface area contributed by atoms with E-state index in [-0.39, 0.29) is 29.9 Å². The molecule has 5 nitrogen and oxygen atoms in total. The van der Waals surface area contributed by atoms with Gasteiger partial charge in [0.1, 0.15) is 17.9 Å². The van der Waals surface area contributed by atoms with Gasteiger partial charge < -0.3 is 14.5 Å². The van der Waals surface area contributed by atoms with Gasteiger partial charge in [0.05, 0.1) is 0 Å². The van der Waals surface area contributed by atoms with Crippen molar-refractivity contribution in [3.05, 3.63) is 70.5 Å². The predicted octanol–water partition coefficient (Wildman–Crippen LogP) is 3.44. The number of rotatable bonds is 5. The fraction of sp³-hybridized carbons (Fsp3) is 0.364. The molecule has 1 N–H and O–H groups in total.